The number of carboxylic acid groups (broad SMARTS) is 1. The molecule has 0 saturated carbocycles. The molecule has 0 radical (unpaired) electrons. The third-order valence-corrected chi connectivity index (χ3v) is 8.81. The molecule has 4 aliphatic heterocycles. The fourth-order valence-electron chi connectivity index (χ4n) is 5.52. The number of carboxylic acids is 1. The predicted octanol–water partition coefficient (Wildman–Crippen LogP) is -0.821. The minimum absolute atomic E-state index is 0.0468. The van der Waals surface area contributed by atoms with Gasteiger partial charge in [0.05, 0.1) is 30.7 Å². The summed E-state index contributed by atoms with van der Waals surface area (Å²) in [7, 11) is 0. The van der Waals surface area contributed by atoms with Crippen molar-refractivity contribution in [1.82, 2.24) is 20.4 Å². The summed E-state index contributed by atoms with van der Waals surface area (Å²) in [6.45, 7) is 5.41. The van der Waals surface area contributed by atoms with Gasteiger partial charge < -0.3 is 36.0 Å². The lowest BCUT2D eigenvalue weighted by atomic mass is 9.78. The van der Waals surface area contributed by atoms with Crippen LogP contribution in [0.15, 0.2) is 10.6 Å². The van der Waals surface area contributed by atoms with E-state index >= 15 is 0 Å². The van der Waals surface area contributed by atoms with Gasteiger partial charge in [0, 0.05) is 48.3 Å². The van der Waals surface area contributed by atoms with Crippen molar-refractivity contribution < 1.29 is 37.8 Å². The molecule has 0 spiro atoms. The van der Waals surface area contributed by atoms with Crippen molar-refractivity contribution in [2.45, 2.75) is 56.2 Å². The van der Waals surface area contributed by atoms with E-state index in [9.17, 15) is 33.1 Å². The quantitative estimate of drug-likeness (QED) is 0.294. The smallest absolute Gasteiger partial charge is 0.353 e. The first-order chi connectivity index (χ1) is 17.0. The van der Waals surface area contributed by atoms with E-state index in [-0.39, 0.29) is 28.9 Å². The van der Waals surface area contributed by atoms with Crippen molar-refractivity contribution in [1.29, 1.82) is 0 Å². The molecular formula is C22H31F2N5O6S. The Bertz CT molecular complexity index is 967. The summed E-state index contributed by atoms with van der Waals surface area (Å²) in [4.78, 5) is 52.9. The number of morpholine rings is 1. The number of carbonyl (C=O) groups excluding carboxylic acids is 3. The molecule has 5 N–H and O–H groups in total. The van der Waals surface area contributed by atoms with E-state index in [4.69, 9.17) is 10.5 Å². The molecule has 11 nitrogen and oxygen atoms in total. The zero-order valence-electron chi connectivity index (χ0n) is 20.0. The number of carbonyl (C=O) groups is 4. The normalized spacial score (nSPS) is 33.0. The highest BCUT2D eigenvalue weighted by Gasteiger charge is 2.60. The molecule has 200 valence electrons. The highest BCUT2D eigenvalue weighted by Crippen LogP contribution is 2.51. The van der Waals surface area contributed by atoms with Gasteiger partial charge in [0.25, 0.3) is 5.91 Å². The van der Waals surface area contributed by atoms with Gasteiger partial charge in [-0.25, -0.2) is 4.79 Å². The summed E-state index contributed by atoms with van der Waals surface area (Å²) in [6, 6.07) is -1.84. The molecule has 4 heterocycles. The monoisotopic (exact) mass is 531 g/mol. The second-order valence-corrected chi connectivity index (χ2v) is 10.9. The molecule has 7 atom stereocenters. The van der Waals surface area contributed by atoms with Gasteiger partial charge in [-0.1, -0.05) is 6.92 Å². The standard InChI is InChI=1S/C22H31F2N5O6S/c1-9-15-14(10(2)27-19(30)18(23)24)21(32)29(15)16(22(33)34)17(9)36-12-5-13(26-7-12)20(31)28-3-4-35-11(6-25)8-28/h9-15,18,26H,3-8,25H2,1-2H3,(H,27,30)(H,33,34)/t9-,10-,11?,12+,13+,14-,15-/m1/s1. The first-order valence-corrected chi connectivity index (χ1v) is 12.8. The molecule has 0 aliphatic carbocycles. The third-order valence-electron chi connectivity index (χ3n) is 7.29. The van der Waals surface area contributed by atoms with E-state index in [1.807, 2.05) is 0 Å². The topological polar surface area (TPSA) is 154 Å². The Labute approximate surface area is 211 Å². The Morgan fingerprint density at radius 1 is 1.36 bits per heavy atom. The number of nitrogens with zero attached hydrogens (tertiary/aromatic N) is 2. The maximum absolute atomic E-state index is 13.0. The number of β-lactam (4-membered cyclic amide) rings is 1. The number of hydrogen-bond donors (Lipinski definition) is 4. The van der Waals surface area contributed by atoms with Crippen LogP contribution in [-0.2, 0) is 23.9 Å². The first kappa shape index (κ1) is 26.8. The van der Waals surface area contributed by atoms with Crippen molar-refractivity contribution >= 4 is 35.5 Å². The van der Waals surface area contributed by atoms with Crippen LogP contribution < -0.4 is 16.4 Å². The Balaban J connectivity index is 1.42. The molecule has 4 rings (SSSR count). The second-order valence-electron chi connectivity index (χ2n) is 9.58. The molecule has 14 heteroatoms. The lowest BCUT2D eigenvalue weighted by Gasteiger charge is -2.47. The van der Waals surface area contributed by atoms with Gasteiger partial charge in [-0.05, 0) is 13.3 Å². The van der Waals surface area contributed by atoms with Crippen LogP contribution in [0, 0.1) is 11.8 Å². The van der Waals surface area contributed by atoms with Crippen LogP contribution >= 0.6 is 11.8 Å². The zero-order chi connectivity index (χ0) is 26.3. The first-order valence-electron chi connectivity index (χ1n) is 11.9. The average Bonchev–Trinajstić information content (AvgIpc) is 3.40. The van der Waals surface area contributed by atoms with Gasteiger partial charge in [0.1, 0.15) is 5.70 Å². The number of fused-ring (bicyclic) bond motifs is 1. The number of rotatable bonds is 8. The van der Waals surface area contributed by atoms with Crippen molar-refractivity contribution in [3.63, 3.8) is 0 Å². The maximum Gasteiger partial charge on any atom is 0.353 e. The van der Waals surface area contributed by atoms with E-state index in [1.54, 1.807) is 11.8 Å². The molecule has 1 unspecified atom stereocenters. The molecule has 3 amide bonds. The summed E-state index contributed by atoms with van der Waals surface area (Å²) < 4.78 is 30.9. The van der Waals surface area contributed by atoms with E-state index in [1.165, 1.54) is 23.6 Å². The molecular weight excluding hydrogens is 500 g/mol. The van der Waals surface area contributed by atoms with E-state index in [2.05, 4.69) is 10.6 Å². The summed E-state index contributed by atoms with van der Waals surface area (Å²) in [5, 5.41) is 15.2. The zero-order valence-corrected chi connectivity index (χ0v) is 20.8. The van der Waals surface area contributed by atoms with Gasteiger partial charge >= 0.3 is 12.4 Å². The maximum atomic E-state index is 13.0. The minimum Gasteiger partial charge on any atom is -0.477 e. The van der Waals surface area contributed by atoms with Gasteiger partial charge in [0.2, 0.25) is 11.8 Å². The SMILES string of the molecule is C[C@@H](NC(=O)C(F)F)[C@H]1C(=O)N2C(C(=O)O)=C(S[C@@H]3CN[C@H](C(=O)N4CCOC(CN)C4)C3)[C@H](C)[C@H]12. The molecule has 4 aliphatic rings. The Hall–Kier alpha value is -2.29. The Kier molecular flexibility index (Phi) is 7.88. The summed E-state index contributed by atoms with van der Waals surface area (Å²) in [5.74, 6) is -4.44. The number of ether oxygens (including phenoxy) is 1. The lowest BCUT2D eigenvalue weighted by Crippen LogP contribution is -2.66. The van der Waals surface area contributed by atoms with Crippen molar-refractivity contribution in [3.05, 3.63) is 10.6 Å². The van der Waals surface area contributed by atoms with E-state index in [0.717, 1.165) is 0 Å². The largest absolute Gasteiger partial charge is 0.477 e. The third kappa shape index (κ3) is 4.83. The van der Waals surface area contributed by atoms with Crippen LogP contribution in [0.3, 0.4) is 0 Å². The van der Waals surface area contributed by atoms with Crippen molar-refractivity contribution in [2.75, 3.05) is 32.8 Å². The fourth-order valence-corrected chi connectivity index (χ4v) is 7.00. The van der Waals surface area contributed by atoms with Crippen LogP contribution in [0.1, 0.15) is 20.3 Å². The number of alkyl halides is 2. The molecule has 0 bridgehead atoms. The van der Waals surface area contributed by atoms with Crippen LogP contribution in [0.2, 0.25) is 0 Å². The number of nitrogens with one attached hydrogen (secondary N) is 2. The summed E-state index contributed by atoms with van der Waals surface area (Å²) in [6.07, 6.45) is -2.91. The molecule has 0 aromatic carbocycles. The van der Waals surface area contributed by atoms with Gasteiger partial charge in [0.15, 0.2) is 0 Å². The van der Waals surface area contributed by atoms with Gasteiger partial charge in [-0.3, -0.25) is 14.4 Å². The van der Waals surface area contributed by atoms with Crippen LogP contribution in [0.25, 0.3) is 0 Å². The second kappa shape index (κ2) is 10.6. The highest BCUT2D eigenvalue weighted by atomic mass is 32.2. The fraction of sp³-hybridized carbons (Fsp3) is 0.727. The number of nitrogens with two attached hydrogens (primary N) is 1. The van der Waals surface area contributed by atoms with Crippen LogP contribution in [0.5, 0.6) is 0 Å². The van der Waals surface area contributed by atoms with E-state index < -0.39 is 48.3 Å². The minimum atomic E-state index is -3.21. The number of aliphatic carboxylic acids is 1. The van der Waals surface area contributed by atoms with Crippen molar-refractivity contribution in [2.24, 2.45) is 17.6 Å². The van der Waals surface area contributed by atoms with Gasteiger partial charge in [-0.2, -0.15) is 8.78 Å². The van der Waals surface area contributed by atoms with Crippen LogP contribution in [-0.4, -0.2) is 107 Å². The lowest BCUT2D eigenvalue weighted by molar-refractivity contribution is -0.159. The average molecular weight is 532 g/mol. The summed E-state index contributed by atoms with van der Waals surface area (Å²) >= 11 is 1.33. The van der Waals surface area contributed by atoms with E-state index in [0.29, 0.717) is 44.1 Å². The molecule has 36 heavy (non-hydrogen) atoms. The Morgan fingerprint density at radius 2 is 2.08 bits per heavy atom. The number of halogens is 2. The number of thioether (sulfide) groups is 1. The molecule has 3 fully saturated rings. The number of amides is 3. The Morgan fingerprint density at radius 3 is 2.72 bits per heavy atom. The van der Waals surface area contributed by atoms with Crippen LogP contribution in [0.4, 0.5) is 8.78 Å². The molecule has 0 aromatic heterocycles. The molecule has 3 saturated heterocycles. The van der Waals surface area contributed by atoms with Gasteiger partial charge in [-0.15, -0.1) is 11.8 Å². The number of hydrogen-bond acceptors (Lipinski definition) is 8. The highest BCUT2D eigenvalue weighted by molar-refractivity contribution is 8.03. The summed E-state index contributed by atoms with van der Waals surface area (Å²) in [5.41, 5.74) is 5.56. The molecule has 0 aromatic rings. The van der Waals surface area contributed by atoms with Crippen molar-refractivity contribution in [3.8, 4) is 0 Å². The predicted molar refractivity (Wildman–Crippen MR) is 125 cm³/mol.